The van der Waals surface area contributed by atoms with Crippen molar-refractivity contribution in [3.8, 4) is 11.5 Å². The fourth-order valence-corrected chi connectivity index (χ4v) is 5.02. The summed E-state index contributed by atoms with van der Waals surface area (Å²) in [6, 6.07) is 11.7. The molecule has 3 aromatic rings. The summed E-state index contributed by atoms with van der Waals surface area (Å²) in [6.07, 6.45) is 5.50. The molecule has 1 saturated carbocycles. The lowest BCUT2D eigenvalue weighted by atomic mass is 10.0. The normalized spacial score (nSPS) is 14.6. The third kappa shape index (κ3) is 5.06. The Hall–Kier alpha value is -3.26. The number of carbonyl (C=O) groups is 2. The maximum absolute atomic E-state index is 13.8. The van der Waals surface area contributed by atoms with Crippen LogP contribution >= 0.6 is 11.3 Å². The molecule has 4 rings (SSSR count). The second kappa shape index (κ2) is 10.6. The van der Waals surface area contributed by atoms with Crippen molar-refractivity contribution in [1.82, 2.24) is 10.2 Å². The van der Waals surface area contributed by atoms with E-state index < -0.39 is 6.04 Å². The highest BCUT2D eigenvalue weighted by Crippen LogP contribution is 2.39. The summed E-state index contributed by atoms with van der Waals surface area (Å²) in [7, 11) is 3.08. The number of hydrogen-bond donors (Lipinski definition) is 1. The molecule has 2 aromatic heterocycles. The van der Waals surface area contributed by atoms with Gasteiger partial charge in [-0.25, -0.2) is 0 Å². The average molecular weight is 469 g/mol. The SMILES string of the molecule is COc1cccc([C@@H](C(=O)NC2CCCC2)N(Cc2cccs2)C(=O)c2ccco2)c1OC. The number of ether oxygens (including phenoxy) is 2. The molecular weight excluding hydrogens is 440 g/mol. The van der Waals surface area contributed by atoms with E-state index in [1.54, 1.807) is 42.3 Å². The zero-order chi connectivity index (χ0) is 23.2. The van der Waals surface area contributed by atoms with Crippen LogP contribution in [0.1, 0.15) is 52.7 Å². The number of amides is 2. The molecule has 0 radical (unpaired) electrons. The van der Waals surface area contributed by atoms with Gasteiger partial charge in [-0.05, 0) is 42.5 Å². The van der Waals surface area contributed by atoms with Crippen molar-refractivity contribution in [3.05, 3.63) is 70.3 Å². The molecule has 7 nitrogen and oxygen atoms in total. The van der Waals surface area contributed by atoms with E-state index in [0.29, 0.717) is 17.1 Å². The third-order valence-electron chi connectivity index (χ3n) is 5.89. The maximum atomic E-state index is 13.8. The highest BCUT2D eigenvalue weighted by Gasteiger charge is 2.37. The Morgan fingerprint density at radius 3 is 2.58 bits per heavy atom. The number of rotatable bonds is 9. The van der Waals surface area contributed by atoms with Gasteiger partial charge in [-0.1, -0.05) is 31.0 Å². The molecule has 1 aromatic carbocycles. The van der Waals surface area contributed by atoms with Crippen molar-refractivity contribution in [3.63, 3.8) is 0 Å². The number of furan rings is 1. The van der Waals surface area contributed by atoms with Crippen LogP contribution < -0.4 is 14.8 Å². The molecule has 0 aliphatic heterocycles. The number of methoxy groups -OCH3 is 2. The van der Waals surface area contributed by atoms with Gasteiger partial charge in [0.15, 0.2) is 17.3 Å². The minimum absolute atomic E-state index is 0.0962. The van der Waals surface area contributed by atoms with E-state index in [1.807, 2.05) is 17.5 Å². The first kappa shape index (κ1) is 22.9. The summed E-state index contributed by atoms with van der Waals surface area (Å²) in [5, 5.41) is 5.12. The van der Waals surface area contributed by atoms with Gasteiger partial charge in [-0.2, -0.15) is 0 Å². The second-order valence-electron chi connectivity index (χ2n) is 7.96. The van der Waals surface area contributed by atoms with Crippen LogP contribution in [0.15, 0.2) is 58.5 Å². The lowest BCUT2D eigenvalue weighted by molar-refractivity contribution is -0.126. The Labute approximate surface area is 197 Å². The molecular formula is C25H28N2O5S. The van der Waals surface area contributed by atoms with E-state index in [-0.39, 0.29) is 30.2 Å². The van der Waals surface area contributed by atoms with Gasteiger partial charge in [0.2, 0.25) is 5.91 Å². The largest absolute Gasteiger partial charge is 0.493 e. The Morgan fingerprint density at radius 1 is 1.12 bits per heavy atom. The first-order valence-electron chi connectivity index (χ1n) is 11.0. The second-order valence-corrected chi connectivity index (χ2v) is 9.00. The van der Waals surface area contributed by atoms with Gasteiger partial charge in [-0.15, -0.1) is 11.3 Å². The summed E-state index contributed by atoms with van der Waals surface area (Å²) in [6.45, 7) is 0.250. The minimum Gasteiger partial charge on any atom is -0.493 e. The van der Waals surface area contributed by atoms with Crippen LogP contribution in [-0.4, -0.2) is 37.0 Å². The van der Waals surface area contributed by atoms with Crippen LogP contribution in [0.2, 0.25) is 0 Å². The van der Waals surface area contributed by atoms with Crippen LogP contribution in [0.25, 0.3) is 0 Å². The summed E-state index contributed by atoms with van der Waals surface area (Å²) < 4.78 is 16.6. The van der Waals surface area contributed by atoms with Crippen molar-refractivity contribution in [2.45, 2.75) is 44.3 Å². The molecule has 1 aliphatic rings. The molecule has 0 saturated heterocycles. The van der Waals surface area contributed by atoms with Crippen LogP contribution in [0.3, 0.4) is 0 Å². The van der Waals surface area contributed by atoms with Gasteiger partial charge in [0, 0.05) is 16.5 Å². The van der Waals surface area contributed by atoms with E-state index >= 15 is 0 Å². The number of thiophene rings is 1. The predicted octanol–water partition coefficient (Wildman–Crippen LogP) is 4.80. The molecule has 33 heavy (non-hydrogen) atoms. The lowest BCUT2D eigenvalue weighted by Gasteiger charge is -2.32. The topological polar surface area (TPSA) is 81.0 Å². The van der Waals surface area contributed by atoms with Crippen molar-refractivity contribution in [2.75, 3.05) is 14.2 Å². The van der Waals surface area contributed by atoms with Gasteiger partial charge in [0.1, 0.15) is 6.04 Å². The van der Waals surface area contributed by atoms with E-state index in [2.05, 4.69) is 5.32 Å². The summed E-state index contributed by atoms with van der Waals surface area (Å²) >= 11 is 1.53. The quantitative estimate of drug-likeness (QED) is 0.488. The zero-order valence-corrected chi connectivity index (χ0v) is 19.6. The Bertz CT molecular complexity index is 1060. The molecule has 1 atom stereocenters. The monoisotopic (exact) mass is 468 g/mol. The van der Waals surface area contributed by atoms with Crippen molar-refractivity contribution in [1.29, 1.82) is 0 Å². The van der Waals surface area contributed by atoms with Crippen LogP contribution in [-0.2, 0) is 11.3 Å². The number of carbonyl (C=O) groups excluding carboxylic acids is 2. The van der Waals surface area contributed by atoms with E-state index in [0.717, 1.165) is 30.6 Å². The number of para-hydroxylation sites is 1. The van der Waals surface area contributed by atoms with Crippen LogP contribution in [0, 0.1) is 0 Å². The molecule has 2 heterocycles. The first-order chi connectivity index (χ1) is 16.1. The lowest BCUT2D eigenvalue weighted by Crippen LogP contribution is -2.45. The Kier molecular flexibility index (Phi) is 7.34. The number of nitrogens with zero attached hydrogens (tertiary/aromatic N) is 1. The van der Waals surface area contributed by atoms with E-state index in [1.165, 1.54) is 24.7 Å². The summed E-state index contributed by atoms with van der Waals surface area (Å²) in [4.78, 5) is 29.9. The van der Waals surface area contributed by atoms with Crippen molar-refractivity contribution in [2.24, 2.45) is 0 Å². The molecule has 1 N–H and O–H groups in total. The summed E-state index contributed by atoms with van der Waals surface area (Å²) in [5.41, 5.74) is 0.559. The molecule has 2 amide bonds. The van der Waals surface area contributed by atoms with Gasteiger partial charge >= 0.3 is 0 Å². The molecule has 0 spiro atoms. The third-order valence-corrected chi connectivity index (χ3v) is 6.75. The smallest absolute Gasteiger partial charge is 0.290 e. The van der Waals surface area contributed by atoms with E-state index in [9.17, 15) is 9.59 Å². The fourth-order valence-electron chi connectivity index (χ4n) is 4.32. The van der Waals surface area contributed by atoms with E-state index in [4.69, 9.17) is 13.9 Å². The average Bonchev–Trinajstić information content (AvgIpc) is 3.62. The molecule has 174 valence electrons. The molecule has 0 unspecified atom stereocenters. The van der Waals surface area contributed by atoms with Crippen LogP contribution in [0.4, 0.5) is 0 Å². The standard InChI is InChI=1S/C25H28N2O5S/c1-30-20-12-5-11-19(23(20)31-2)22(24(28)26-17-8-3-4-9-17)27(16-18-10-7-15-33-18)25(29)21-13-6-14-32-21/h5-7,10-15,17,22H,3-4,8-9,16H2,1-2H3,(H,26,28)/t22-/m0/s1. The Balaban J connectivity index is 1.80. The number of hydrogen-bond acceptors (Lipinski definition) is 6. The molecule has 8 heteroatoms. The predicted molar refractivity (Wildman–Crippen MR) is 126 cm³/mol. The first-order valence-corrected chi connectivity index (χ1v) is 11.9. The van der Waals surface area contributed by atoms with Crippen LogP contribution in [0.5, 0.6) is 11.5 Å². The van der Waals surface area contributed by atoms with Crippen molar-refractivity contribution >= 4 is 23.2 Å². The molecule has 1 fully saturated rings. The molecule has 0 bridgehead atoms. The number of nitrogens with one attached hydrogen (secondary N) is 1. The fraction of sp³-hybridized carbons (Fsp3) is 0.360. The van der Waals surface area contributed by atoms with Gasteiger partial charge in [0.25, 0.3) is 5.91 Å². The Morgan fingerprint density at radius 2 is 1.94 bits per heavy atom. The highest BCUT2D eigenvalue weighted by molar-refractivity contribution is 7.09. The molecule has 1 aliphatic carbocycles. The van der Waals surface area contributed by atoms with Gasteiger partial charge in [0.05, 0.1) is 27.0 Å². The minimum atomic E-state index is -0.935. The highest BCUT2D eigenvalue weighted by atomic mass is 32.1. The summed E-state index contributed by atoms with van der Waals surface area (Å²) in [5.74, 6) is 0.479. The van der Waals surface area contributed by atoms with Gasteiger partial charge in [-0.3, -0.25) is 9.59 Å². The van der Waals surface area contributed by atoms with Gasteiger partial charge < -0.3 is 24.1 Å². The maximum Gasteiger partial charge on any atom is 0.290 e. The van der Waals surface area contributed by atoms with Crippen molar-refractivity contribution < 1.29 is 23.5 Å². The number of benzene rings is 1. The zero-order valence-electron chi connectivity index (χ0n) is 18.8.